The molecule has 1 amide bonds. The predicted octanol–water partition coefficient (Wildman–Crippen LogP) is 2.68. The molecule has 164 valence electrons. The van der Waals surface area contributed by atoms with Gasteiger partial charge in [0.2, 0.25) is 0 Å². The summed E-state index contributed by atoms with van der Waals surface area (Å²) in [5, 5.41) is 11.4. The van der Waals surface area contributed by atoms with Crippen molar-refractivity contribution in [3.8, 4) is 11.5 Å². The van der Waals surface area contributed by atoms with Crippen LogP contribution in [0.2, 0.25) is 0 Å². The van der Waals surface area contributed by atoms with Crippen LogP contribution in [0.4, 0.5) is 0 Å². The quantitative estimate of drug-likeness (QED) is 0.319. The van der Waals surface area contributed by atoms with Crippen molar-refractivity contribution in [2.24, 2.45) is 16.5 Å². The van der Waals surface area contributed by atoms with Gasteiger partial charge < -0.3 is 21.3 Å². The number of aliphatic carboxylic acids is 1. The molecule has 6 N–H and O–H groups in total. The van der Waals surface area contributed by atoms with Gasteiger partial charge in [0.1, 0.15) is 17.5 Å². The summed E-state index contributed by atoms with van der Waals surface area (Å²) in [7, 11) is 0. The molecule has 0 radical (unpaired) electrons. The number of nitrogens with one attached hydrogen (secondary N) is 1. The summed E-state index contributed by atoms with van der Waals surface area (Å²) in [5.41, 5.74) is 13.3. The number of nitrogens with two attached hydrogens (primary N) is 2. The van der Waals surface area contributed by atoms with Crippen molar-refractivity contribution in [1.29, 1.82) is 0 Å². The van der Waals surface area contributed by atoms with E-state index in [1.54, 1.807) is 24.3 Å². The first-order chi connectivity index (χ1) is 15.4. The summed E-state index contributed by atoms with van der Waals surface area (Å²) in [6, 6.07) is 22.3. The van der Waals surface area contributed by atoms with Crippen LogP contribution in [-0.4, -0.2) is 29.0 Å². The lowest BCUT2D eigenvalue weighted by Gasteiger charge is -2.10. The van der Waals surface area contributed by atoms with E-state index in [0.29, 0.717) is 22.6 Å². The van der Waals surface area contributed by atoms with E-state index in [0.717, 1.165) is 5.56 Å². The van der Waals surface area contributed by atoms with Crippen molar-refractivity contribution >= 4 is 17.8 Å². The monoisotopic (exact) mass is 432 g/mol. The molecule has 0 aliphatic rings. The molecule has 3 aromatic carbocycles. The van der Waals surface area contributed by atoms with Gasteiger partial charge in [-0.3, -0.25) is 14.9 Å². The number of para-hydroxylation sites is 2. The van der Waals surface area contributed by atoms with E-state index in [9.17, 15) is 9.59 Å². The topological polar surface area (TPSA) is 140 Å². The Labute approximate surface area is 185 Å². The highest BCUT2D eigenvalue weighted by Gasteiger charge is 2.13. The van der Waals surface area contributed by atoms with E-state index in [4.69, 9.17) is 21.3 Å². The fourth-order valence-electron chi connectivity index (χ4n) is 2.88. The van der Waals surface area contributed by atoms with E-state index in [-0.39, 0.29) is 18.9 Å². The van der Waals surface area contributed by atoms with Crippen LogP contribution in [0.15, 0.2) is 83.9 Å². The minimum absolute atomic E-state index is 0.0264. The number of aliphatic imine (C=N–C) groups is 1. The third-order valence-electron chi connectivity index (χ3n) is 4.59. The molecule has 0 fully saturated rings. The Balaban J connectivity index is 1.60. The van der Waals surface area contributed by atoms with Gasteiger partial charge in [0.05, 0.1) is 6.54 Å². The highest BCUT2D eigenvalue weighted by atomic mass is 16.5. The number of guanidine groups is 1. The Hall–Kier alpha value is -4.17. The van der Waals surface area contributed by atoms with Crippen LogP contribution < -0.4 is 21.5 Å². The van der Waals surface area contributed by atoms with Crippen LogP contribution >= 0.6 is 0 Å². The zero-order valence-corrected chi connectivity index (χ0v) is 17.3. The van der Waals surface area contributed by atoms with Gasteiger partial charge in [-0.05, 0) is 42.3 Å². The molecule has 1 atom stereocenters. The number of hydrogen-bond acceptors (Lipinski definition) is 5. The van der Waals surface area contributed by atoms with Crippen LogP contribution in [0.5, 0.6) is 11.5 Å². The van der Waals surface area contributed by atoms with Crippen LogP contribution in [0, 0.1) is 0 Å². The second kappa shape index (κ2) is 10.7. The molecule has 0 saturated heterocycles. The van der Waals surface area contributed by atoms with Gasteiger partial charge in [0, 0.05) is 11.1 Å². The third-order valence-corrected chi connectivity index (χ3v) is 4.59. The molecule has 8 heteroatoms. The normalized spacial score (nSPS) is 12.1. The molecule has 0 unspecified atom stereocenters. The minimum atomic E-state index is -1.08. The number of amides is 1. The SMILES string of the molecule is NC(=NCc1ccccc1Oc1ccccc1)NC(=O)c1ccc(C[C@H](N)C(=O)O)cc1. The Bertz CT molecular complexity index is 1100. The van der Waals surface area contributed by atoms with E-state index < -0.39 is 17.9 Å². The van der Waals surface area contributed by atoms with Crippen molar-refractivity contribution in [3.63, 3.8) is 0 Å². The summed E-state index contributed by atoms with van der Waals surface area (Å²) in [5.74, 6) is -0.170. The summed E-state index contributed by atoms with van der Waals surface area (Å²) in [6.45, 7) is 0.223. The van der Waals surface area contributed by atoms with Gasteiger partial charge in [0.15, 0.2) is 5.96 Å². The van der Waals surface area contributed by atoms with E-state index in [1.807, 2.05) is 54.6 Å². The van der Waals surface area contributed by atoms with Crippen LogP contribution in [0.25, 0.3) is 0 Å². The van der Waals surface area contributed by atoms with Gasteiger partial charge in [-0.2, -0.15) is 0 Å². The summed E-state index contributed by atoms with van der Waals surface area (Å²) in [6.07, 6.45) is 0.172. The maximum Gasteiger partial charge on any atom is 0.320 e. The average molecular weight is 432 g/mol. The molecule has 0 aromatic heterocycles. The Morgan fingerprint density at radius 2 is 1.62 bits per heavy atom. The van der Waals surface area contributed by atoms with E-state index in [2.05, 4.69) is 10.3 Å². The number of carboxylic acids is 1. The molecule has 3 rings (SSSR count). The Morgan fingerprint density at radius 3 is 2.31 bits per heavy atom. The summed E-state index contributed by atoms with van der Waals surface area (Å²) < 4.78 is 5.90. The van der Waals surface area contributed by atoms with Crippen molar-refractivity contribution in [2.45, 2.75) is 19.0 Å². The maximum atomic E-state index is 12.4. The highest BCUT2D eigenvalue weighted by molar-refractivity contribution is 6.05. The first-order valence-electron chi connectivity index (χ1n) is 9.92. The molecule has 8 nitrogen and oxygen atoms in total. The zero-order valence-electron chi connectivity index (χ0n) is 17.3. The first-order valence-corrected chi connectivity index (χ1v) is 9.92. The van der Waals surface area contributed by atoms with Gasteiger partial charge >= 0.3 is 5.97 Å². The predicted molar refractivity (Wildman–Crippen MR) is 122 cm³/mol. The van der Waals surface area contributed by atoms with Crippen molar-refractivity contribution in [3.05, 3.63) is 95.6 Å². The number of nitrogens with zero attached hydrogens (tertiary/aromatic N) is 1. The lowest BCUT2D eigenvalue weighted by Crippen LogP contribution is -2.36. The fourth-order valence-corrected chi connectivity index (χ4v) is 2.88. The molecule has 0 aliphatic heterocycles. The molecular weight excluding hydrogens is 408 g/mol. The molecule has 0 aliphatic carbocycles. The van der Waals surface area contributed by atoms with Gasteiger partial charge in [0.25, 0.3) is 5.91 Å². The number of ether oxygens (including phenoxy) is 1. The number of carbonyl (C=O) groups is 2. The summed E-state index contributed by atoms with van der Waals surface area (Å²) >= 11 is 0. The number of benzene rings is 3. The average Bonchev–Trinajstić information content (AvgIpc) is 2.79. The molecule has 32 heavy (non-hydrogen) atoms. The second-order valence-electron chi connectivity index (χ2n) is 7.02. The molecule has 0 bridgehead atoms. The molecule has 0 saturated carbocycles. The zero-order chi connectivity index (χ0) is 22.9. The largest absolute Gasteiger partial charge is 0.480 e. The smallest absolute Gasteiger partial charge is 0.320 e. The molecule has 0 heterocycles. The van der Waals surface area contributed by atoms with Crippen molar-refractivity contribution in [2.75, 3.05) is 0 Å². The molecule has 0 spiro atoms. The van der Waals surface area contributed by atoms with Gasteiger partial charge in [-0.15, -0.1) is 0 Å². The Morgan fingerprint density at radius 1 is 0.969 bits per heavy atom. The van der Waals surface area contributed by atoms with Gasteiger partial charge in [-0.25, -0.2) is 4.99 Å². The van der Waals surface area contributed by atoms with Crippen LogP contribution in [0.1, 0.15) is 21.5 Å². The van der Waals surface area contributed by atoms with Gasteiger partial charge in [-0.1, -0.05) is 48.5 Å². The maximum absolute atomic E-state index is 12.4. The van der Waals surface area contributed by atoms with E-state index >= 15 is 0 Å². The second-order valence-corrected chi connectivity index (χ2v) is 7.02. The highest BCUT2D eigenvalue weighted by Crippen LogP contribution is 2.25. The lowest BCUT2D eigenvalue weighted by molar-refractivity contribution is -0.138. The van der Waals surface area contributed by atoms with Crippen molar-refractivity contribution < 1.29 is 19.4 Å². The van der Waals surface area contributed by atoms with E-state index in [1.165, 1.54) is 0 Å². The third kappa shape index (κ3) is 6.41. The number of hydrogen-bond donors (Lipinski definition) is 4. The molecule has 3 aromatic rings. The number of rotatable bonds is 8. The number of carbonyl (C=O) groups excluding carboxylic acids is 1. The van der Waals surface area contributed by atoms with Crippen molar-refractivity contribution in [1.82, 2.24) is 5.32 Å². The lowest BCUT2D eigenvalue weighted by atomic mass is 10.0. The molecular formula is C24H24N4O4. The van der Waals surface area contributed by atoms with Crippen LogP contribution in [-0.2, 0) is 17.8 Å². The number of carboxylic acid groups (broad SMARTS) is 1. The minimum Gasteiger partial charge on any atom is -0.480 e. The fraction of sp³-hybridized carbons (Fsp3) is 0.125. The first kappa shape index (κ1) is 22.5. The summed E-state index contributed by atoms with van der Waals surface area (Å²) in [4.78, 5) is 27.5. The Kier molecular flexibility index (Phi) is 7.55. The van der Waals surface area contributed by atoms with Crippen LogP contribution in [0.3, 0.4) is 0 Å². The standard InChI is InChI=1S/C24H24N4O4/c25-20(23(30)31)14-16-10-12-17(13-11-16)22(29)28-24(26)27-15-18-6-4-5-9-21(18)32-19-7-2-1-3-8-19/h1-13,20H,14-15,25H2,(H,30,31)(H3,26,27,28,29)/t20-/m0/s1.